The maximum atomic E-state index is 13.8. The van der Waals surface area contributed by atoms with E-state index in [-0.39, 0.29) is 30.2 Å². The second-order valence-corrected chi connectivity index (χ2v) is 5.72. The number of carbonyl (C=O) groups is 1. The molecule has 0 radical (unpaired) electrons. The predicted molar refractivity (Wildman–Crippen MR) is 89.0 cm³/mol. The van der Waals surface area contributed by atoms with E-state index in [1.54, 1.807) is 37.6 Å². The summed E-state index contributed by atoms with van der Waals surface area (Å²) in [5, 5.41) is 2.56. The summed E-state index contributed by atoms with van der Waals surface area (Å²) < 4.78 is 13.8. The molecule has 0 aliphatic rings. The lowest BCUT2D eigenvalue weighted by Crippen LogP contribution is -2.30. The molecular formula is C15H19ClFN3OS. The van der Waals surface area contributed by atoms with Gasteiger partial charge in [0.05, 0.1) is 11.0 Å². The quantitative estimate of drug-likeness (QED) is 0.907. The first kappa shape index (κ1) is 18.5. The molecule has 1 heterocycles. The van der Waals surface area contributed by atoms with Crippen LogP contribution >= 0.6 is 23.7 Å². The summed E-state index contributed by atoms with van der Waals surface area (Å²) in [7, 11) is 1.65. The van der Waals surface area contributed by atoms with Gasteiger partial charge in [0.2, 0.25) is 0 Å². The highest BCUT2D eigenvalue weighted by atomic mass is 35.5. The third kappa shape index (κ3) is 4.03. The standard InChI is InChI=1S/C15H18FN3OS.ClH/c1-10(11-5-3-4-6-12(11)16)19(2)15(20)13-9-21-14(18-13)7-8-17;/h3-6,9-10H,7-8,17H2,1-2H3;1H. The van der Waals surface area contributed by atoms with E-state index in [4.69, 9.17) is 5.73 Å². The van der Waals surface area contributed by atoms with E-state index in [1.807, 2.05) is 0 Å². The average Bonchev–Trinajstić information content (AvgIpc) is 2.94. The predicted octanol–water partition coefficient (Wildman–Crippen LogP) is 3.04. The second-order valence-electron chi connectivity index (χ2n) is 4.78. The van der Waals surface area contributed by atoms with Crippen molar-refractivity contribution in [3.63, 3.8) is 0 Å². The minimum absolute atomic E-state index is 0. The third-order valence-electron chi connectivity index (χ3n) is 3.39. The summed E-state index contributed by atoms with van der Waals surface area (Å²) >= 11 is 1.42. The monoisotopic (exact) mass is 343 g/mol. The number of hydrogen-bond donors (Lipinski definition) is 1. The normalized spacial score (nSPS) is 11.6. The number of aromatic nitrogens is 1. The molecule has 1 amide bonds. The Balaban J connectivity index is 0.00000242. The number of hydrogen-bond acceptors (Lipinski definition) is 4. The van der Waals surface area contributed by atoms with Crippen LogP contribution in [-0.4, -0.2) is 29.4 Å². The molecular weight excluding hydrogens is 325 g/mol. The molecule has 4 nitrogen and oxygen atoms in total. The van der Waals surface area contributed by atoms with Crippen molar-refractivity contribution < 1.29 is 9.18 Å². The fourth-order valence-electron chi connectivity index (χ4n) is 2.03. The Labute approximate surface area is 139 Å². The lowest BCUT2D eigenvalue weighted by molar-refractivity contribution is 0.0735. The van der Waals surface area contributed by atoms with Gasteiger partial charge in [0, 0.05) is 24.4 Å². The van der Waals surface area contributed by atoms with E-state index in [1.165, 1.54) is 22.3 Å². The molecule has 1 aromatic heterocycles. The van der Waals surface area contributed by atoms with Gasteiger partial charge >= 0.3 is 0 Å². The maximum Gasteiger partial charge on any atom is 0.273 e. The van der Waals surface area contributed by atoms with Gasteiger partial charge in [-0.15, -0.1) is 23.7 Å². The van der Waals surface area contributed by atoms with E-state index in [9.17, 15) is 9.18 Å². The number of nitrogens with two attached hydrogens (primary N) is 1. The molecule has 1 aromatic carbocycles. The van der Waals surface area contributed by atoms with Gasteiger partial charge in [-0.05, 0) is 19.5 Å². The van der Waals surface area contributed by atoms with Crippen LogP contribution in [0.3, 0.4) is 0 Å². The van der Waals surface area contributed by atoms with Crippen molar-refractivity contribution in [3.8, 4) is 0 Å². The average molecular weight is 344 g/mol. The molecule has 22 heavy (non-hydrogen) atoms. The highest BCUT2D eigenvalue weighted by Gasteiger charge is 2.22. The number of amides is 1. The SMILES string of the molecule is CC(c1ccccc1F)N(C)C(=O)c1csc(CCN)n1.Cl. The van der Waals surface area contributed by atoms with Crippen molar-refractivity contribution in [3.05, 3.63) is 51.7 Å². The van der Waals surface area contributed by atoms with Crippen LogP contribution in [-0.2, 0) is 6.42 Å². The summed E-state index contributed by atoms with van der Waals surface area (Å²) in [6, 6.07) is 6.11. The van der Waals surface area contributed by atoms with Crippen LogP contribution in [0.1, 0.15) is 34.0 Å². The van der Waals surface area contributed by atoms with Gasteiger partial charge < -0.3 is 10.6 Å². The zero-order chi connectivity index (χ0) is 15.4. The lowest BCUT2D eigenvalue weighted by atomic mass is 10.1. The molecule has 0 aliphatic heterocycles. The van der Waals surface area contributed by atoms with Crippen LogP contribution in [0.25, 0.3) is 0 Å². The molecule has 1 atom stereocenters. The number of nitrogens with zero attached hydrogens (tertiary/aromatic N) is 2. The van der Waals surface area contributed by atoms with E-state index < -0.39 is 0 Å². The first-order valence-corrected chi connectivity index (χ1v) is 7.58. The molecule has 1 unspecified atom stereocenters. The smallest absolute Gasteiger partial charge is 0.273 e. The summed E-state index contributed by atoms with van der Waals surface area (Å²) in [4.78, 5) is 18.2. The Bertz CT molecular complexity index is 635. The molecule has 0 saturated carbocycles. The van der Waals surface area contributed by atoms with Crippen LogP contribution in [0.5, 0.6) is 0 Å². The van der Waals surface area contributed by atoms with Gasteiger partial charge in [-0.25, -0.2) is 9.37 Å². The van der Waals surface area contributed by atoms with Crippen molar-refractivity contribution in [2.24, 2.45) is 5.73 Å². The number of rotatable bonds is 5. The Hall–Kier alpha value is -1.50. The molecule has 2 aromatic rings. The third-order valence-corrected chi connectivity index (χ3v) is 4.29. The van der Waals surface area contributed by atoms with Crippen LogP contribution in [0.15, 0.2) is 29.6 Å². The van der Waals surface area contributed by atoms with E-state index >= 15 is 0 Å². The summed E-state index contributed by atoms with van der Waals surface area (Å²) in [5.41, 5.74) is 6.35. The number of halogens is 2. The van der Waals surface area contributed by atoms with Crippen molar-refractivity contribution >= 4 is 29.7 Å². The minimum atomic E-state index is -0.363. The van der Waals surface area contributed by atoms with Gasteiger partial charge in [0.15, 0.2) is 0 Å². The Morgan fingerprint density at radius 3 is 2.77 bits per heavy atom. The topological polar surface area (TPSA) is 59.2 Å². The molecule has 0 bridgehead atoms. The van der Waals surface area contributed by atoms with E-state index in [0.717, 1.165) is 5.01 Å². The maximum absolute atomic E-state index is 13.8. The van der Waals surface area contributed by atoms with Crippen molar-refractivity contribution in [1.82, 2.24) is 9.88 Å². The largest absolute Gasteiger partial charge is 0.333 e. The first-order chi connectivity index (χ1) is 10.0. The molecule has 0 fully saturated rings. The van der Waals surface area contributed by atoms with Crippen LogP contribution in [0.2, 0.25) is 0 Å². The van der Waals surface area contributed by atoms with Gasteiger partial charge in [-0.3, -0.25) is 4.79 Å². The number of benzene rings is 1. The summed E-state index contributed by atoms with van der Waals surface area (Å²) in [6.07, 6.45) is 0.657. The van der Waals surface area contributed by atoms with Crippen molar-refractivity contribution in [1.29, 1.82) is 0 Å². The van der Waals surface area contributed by atoms with Crippen LogP contribution in [0, 0.1) is 5.82 Å². The van der Waals surface area contributed by atoms with Crippen molar-refractivity contribution in [2.75, 3.05) is 13.6 Å². The zero-order valence-electron chi connectivity index (χ0n) is 12.5. The highest BCUT2D eigenvalue weighted by molar-refractivity contribution is 7.09. The Morgan fingerprint density at radius 2 is 2.14 bits per heavy atom. The highest BCUT2D eigenvalue weighted by Crippen LogP contribution is 2.23. The van der Waals surface area contributed by atoms with Crippen molar-refractivity contribution in [2.45, 2.75) is 19.4 Å². The molecule has 7 heteroatoms. The fourth-order valence-corrected chi connectivity index (χ4v) is 2.81. The minimum Gasteiger partial charge on any atom is -0.333 e. The Kier molecular flexibility index (Phi) is 6.93. The Morgan fingerprint density at radius 1 is 1.45 bits per heavy atom. The molecule has 0 spiro atoms. The van der Waals surface area contributed by atoms with E-state index in [2.05, 4.69) is 4.98 Å². The van der Waals surface area contributed by atoms with Crippen LogP contribution < -0.4 is 5.73 Å². The fraction of sp³-hybridized carbons (Fsp3) is 0.333. The number of carbonyl (C=O) groups excluding carboxylic acids is 1. The number of thiazole rings is 1. The second kappa shape index (κ2) is 8.22. The first-order valence-electron chi connectivity index (χ1n) is 6.70. The molecule has 2 N–H and O–H groups in total. The van der Waals surface area contributed by atoms with Gasteiger partial charge in [-0.2, -0.15) is 0 Å². The summed E-state index contributed by atoms with van der Waals surface area (Å²) in [5.74, 6) is -0.531. The lowest BCUT2D eigenvalue weighted by Gasteiger charge is -2.24. The van der Waals surface area contributed by atoms with Crippen LogP contribution in [0.4, 0.5) is 4.39 Å². The molecule has 120 valence electrons. The summed E-state index contributed by atoms with van der Waals surface area (Å²) in [6.45, 7) is 2.30. The molecule has 0 aliphatic carbocycles. The molecule has 0 saturated heterocycles. The molecule has 2 rings (SSSR count). The van der Waals surface area contributed by atoms with Gasteiger partial charge in [0.25, 0.3) is 5.91 Å². The van der Waals surface area contributed by atoms with Gasteiger partial charge in [-0.1, -0.05) is 18.2 Å². The zero-order valence-corrected chi connectivity index (χ0v) is 14.1. The van der Waals surface area contributed by atoms with E-state index in [0.29, 0.717) is 24.2 Å². The van der Waals surface area contributed by atoms with Gasteiger partial charge in [0.1, 0.15) is 11.5 Å².